The number of rotatable bonds is 2. The van der Waals surface area contributed by atoms with E-state index in [2.05, 4.69) is 16.4 Å². The van der Waals surface area contributed by atoms with Gasteiger partial charge in [0.2, 0.25) is 0 Å². The summed E-state index contributed by atoms with van der Waals surface area (Å²) < 4.78 is 6.47. The van der Waals surface area contributed by atoms with Crippen molar-refractivity contribution in [3.8, 4) is 0 Å². The lowest BCUT2D eigenvalue weighted by Crippen LogP contribution is -2.38. The van der Waals surface area contributed by atoms with Gasteiger partial charge in [0.25, 0.3) is 0 Å². The molecule has 3 rings (SSSR count). The number of carbonyl (C=O) groups excluding carboxylic acids is 1. The summed E-state index contributed by atoms with van der Waals surface area (Å²) in [7, 11) is 0. The first-order chi connectivity index (χ1) is 11.3. The number of benzene rings is 1. The Labute approximate surface area is 150 Å². The number of aromatic nitrogens is 1. The van der Waals surface area contributed by atoms with Crippen LogP contribution >= 0.6 is 22.9 Å². The lowest BCUT2D eigenvalue weighted by molar-refractivity contribution is 0.0513. The maximum absolute atomic E-state index is 12.0. The number of carbonyl (C=O) groups is 1. The molecule has 4 nitrogen and oxygen atoms in total. The highest BCUT2D eigenvalue weighted by Crippen LogP contribution is 2.31. The van der Waals surface area contributed by atoms with Crippen molar-refractivity contribution in [3.05, 3.63) is 33.8 Å². The second-order valence-corrected chi connectivity index (χ2v) is 8.47. The molecule has 1 unspecified atom stereocenters. The number of ether oxygens (including phenoxy) is 1. The van der Waals surface area contributed by atoms with Gasteiger partial charge >= 0.3 is 6.09 Å². The van der Waals surface area contributed by atoms with Crippen molar-refractivity contribution in [2.75, 3.05) is 0 Å². The third-order valence-corrected chi connectivity index (χ3v) is 4.99. The number of alkyl carbamates (subject to hydrolysis) is 1. The maximum Gasteiger partial charge on any atom is 0.408 e. The zero-order chi connectivity index (χ0) is 17.3. The van der Waals surface area contributed by atoms with Crippen LogP contribution in [0.1, 0.15) is 45.0 Å². The minimum absolute atomic E-state index is 0.0236. The average molecular weight is 365 g/mol. The van der Waals surface area contributed by atoms with E-state index >= 15 is 0 Å². The molecule has 1 saturated carbocycles. The molecule has 1 amide bonds. The van der Waals surface area contributed by atoms with Gasteiger partial charge in [0.05, 0.1) is 16.3 Å². The summed E-state index contributed by atoms with van der Waals surface area (Å²) in [6.07, 6.45) is 4.69. The van der Waals surface area contributed by atoms with Gasteiger partial charge in [0.1, 0.15) is 10.6 Å². The van der Waals surface area contributed by atoms with Crippen molar-refractivity contribution in [2.24, 2.45) is 0 Å². The monoisotopic (exact) mass is 364 g/mol. The third-order valence-electron chi connectivity index (χ3n) is 3.77. The van der Waals surface area contributed by atoms with Crippen LogP contribution in [-0.2, 0) is 4.74 Å². The molecular weight excluding hydrogens is 344 g/mol. The van der Waals surface area contributed by atoms with Crippen molar-refractivity contribution in [2.45, 2.75) is 51.7 Å². The fraction of sp³-hybridized carbons (Fsp3) is 0.444. The Morgan fingerprint density at radius 2 is 2.25 bits per heavy atom. The predicted octanol–water partition coefficient (Wildman–Crippen LogP) is 5.41. The Morgan fingerprint density at radius 3 is 3.00 bits per heavy atom. The van der Waals surface area contributed by atoms with Crippen molar-refractivity contribution in [1.82, 2.24) is 10.3 Å². The van der Waals surface area contributed by atoms with Crippen LogP contribution in [0.3, 0.4) is 0 Å². The Morgan fingerprint density at radius 1 is 1.46 bits per heavy atom. The Bertz CT molecular complexity index is 792. The van der Waals surface area contributed by atoms with E-state index in [-0.39, 0.29) is 12.1 Å². The molecule has 0 aliphatic heterocycles. The molecule has 0 spiro atoms. The standard InChI is InChI=1S/C18H21ClN2O2S/c1-18(2,3)23-17(22)21-13-6-4-5-11(13)9-16-20-14-10-12(19)7-8-15(14)24-16/h7-10,13H,4-6H2,1-3H3,(H,21,22)/b11-9+. The van der Waals surface area contributed by atoms with Crippen molar-refractivity contribution in [1.29, 1.82) is 0 Å². The lowest BCUT2D eigenvalue weighted by atomic mass is 10.1. The molecule has 0 saturated heterocycles. The van der Waals surface area contributed by atoms with Crippen LogP contribution in [0.15, 0.2) is 23.8 Å². The summed E-state index contributed by atoms with van der Waals surface area (Å²) in [6, 6.07) is 5.76. The number of nitrogens with zero attached hydrogens (tertiary/aromatic N) is 1. The van der Waals surface area contributed by atoms with Crippen LogP contribution in [0.2, 0.25) is 5.02 Å². The van der Waals surface area contributed by atoms with Gasteiger partial charge < -0.3 is 10.1 Å². The second kappa shape index (κ2) is 6.73. The summed E-state index contributed by atoms with van der Waals surface area (Å²) >= 11 is 7.65. The van der Waals surface area contributed by atoms with E-state index < -0.39 is 5.60 Å². The van der Waals surface area contributed by atoms with Gasteiger partial charge in [-0.25, -0.2) is 9.78 Å². The van der Waals surface area contributed by atoms with Crippen molar-refractivity contribution < 1.29 is 9.53 Å². The number of hydrogen-bond acceptors (Lipinski definition) is 4. The number of fused-ring (bicyclic) bond motifs is 1. The third kappa shape index (κ3) is 4.28. The first-order valence-electron chi connectivity index (χ1n) is 8.06. The Kier molecular flexibility index (Phi) is 4.83. The molecular formula is C18H21ClN2O2S. The molecule has 1 heterocycles. The molecule has 0 radical (unpaired) electrons. The summed E-state index contributed by atoms with van der Waals surface area (Å²) in [5.74, 6) is 0. The van der Waals surface area contributed by atoms with Gasteiger partial charge in [-0.15, -0.1) is 11.3 Å². The first kappa shape index (κ1) is 17.2. The number of halogens is 1. The average Bonchev–Trinajstić information content (AvgIpc) is 3.03. The van der Waals surface area contributed by atoms with Gasteiger partial charge in [-0.05, 0) is 69.9 Å². The molecule has 6 heteroatoms. The highest BCUT2D eigenvalue weighted by molar-refractivity contribution is 7.19. The fourth-order valence-electron chi connectivity index (χ4n) is 2.80. The molecule has 1 N–H and O–H groups in total. The van der Waals surface area contributed by atoms with E-state index in [9.17, 15) is 4.79 Å². The van der Waals surface area contributed by atoms with Crippen LogP contribution in [0, 0.1) is 0 Å². The maximum atomic E-state index is 12.0. The smallest absolute Gasteiger partial charge is 0.408 e. The van der Waals surface area contributed by atoms with E-state index in [1.54, 1.807) is 11.3 Å². The van der Waals surface area contributed by atoms with Crippen molar-refractivity contribution in [3.63, 3.8) is 0 Å². The van der Waals surface area contributed by atoms with Crippen molar-refractivity contribution >= 4 is 45.3 Å². The predicted molar refractivity (Wildman–Crippen MR) is 99.6 cm³/mol. The summed E-state index contributed by atoms with van der Waals surface area (Å²) in [5.41, 5.74) is 1.62. The minimum Gasteiger partial charge on any atom is -0.444 e. The number of hydrogen-bond donors (Lipinski definition) is 1. The van der Waals surface area contributed by atoms with Crippen LogP contribution < -0.4 is 5.32 Å². The summed E-state index contributed by atoms with van der Waals surface area (Å²) in [4.78, 5) is 16.6. The lowest BCUT2D eigenvalue weighted by Gasteiger charge is -2.22. The molecule has 1 aliphatic carbocycles. The Hall–Kier alpha value is -1.59. The van der Waals surface area contributed by atoms with E-state index in [1.165, 1.54) is 5.57 Å². The highest BCUT2D eigenvalue weighted by Gasteiger charge is 2.25. The molecule has 0 bridgehead atoms. The molecule has 1 atom stereocenters. The zero-order valence-corrected chi connectivity index (χ0v) is 15.6. The van der Waals surface area contributed by atoms with E-state index in [1.807, 2.05) is 39.0 Å². The molecule has 2 aromatic rings. The molecule has 1 aliphatic rings. The number of amides is 1. The second-order valence-electron chi connectivity index (χ2n) is 6.97. The van der Waals surface area contributed by atoms with Gasteiger partial charge in [-0.1, -0.05) is 11.6 Å². The van der Waals surface area contributed by atoms with Gasteiger partial charge in [0, 0.05) is 5.02 Å². The summed E-state index contributed by atoms with van der Waals surface area (Å²) in [5, 5.41) is 4.61. The van der Waals surface area contributed by atoms with Crippen LogP contribution in [0.25, 0.3) is 16.3 Å². The molecule has 1 fully saturated rings. The topological polar surface area (TPSA) is 51.2 Å². The van der Waals surface area contributed by atoms with Crippen LogP contribution in [-0.4, -0.2) is 22.7 Å². The van der Waals surface area contributed by atoms with Crippen LogP contribution in [0.4, 0.5) is 4.79 Å². The first-order valence-corrected chi connectivity index (χ1v) is 9.26. The normalized spacial score (nSPS) is 19.8. The van der Waals surface area contributed by atoms with Crippen LogP contribution in [0.5, 0.6) is 0 Å². The molecule has 1 aromatic carbocycles. The van der Waals surface area contributed by atoms with Gasteiger partial charge in [0.15, 0.2) is 0 Å². The quantitative estimate of drug-likeness (QED) is 0.775. The fourth-order valence-corrected chi connectivity index (χ4v) is 3.89. The molecule has 128 valence electrons. The SMILES string of the molecule is CC(C)(C)OC(=O)NC1CCC/C1=C\c1nc2cc(Cl)ccc2s1. The largest absolute Gasteiger partial charge is 0.444 e. The van der Waals surface area contributed by atoms with E-state index in [0.717, 1.165) is 34.5 Å². The van der Waals surface area contributed by atoms with E-state index in [4.69, 9.17) is 16.3 Å². The minimum atomic E-state index is -0.487. The van der Waals surface area contributed by atoms with Gasteiger partial charge in [-0.3, -0.25) is 0 Å². The van der Waals surface area contributed by atoms with E-state index in [0.29, 0.717) is 5.02 Å². The number of nitrogens with one attached hydrogen (secondary N) is 1. The Balaban J connectivity index is 1.76. The molecule has 24 heavy (non-hydrogen) atoms. The van der Waals surface area contributed by atoms with Gasteiger partial charge in [-0.2, -0.15) is 0 Å². The summed E-state index contributed by atoms with van der Waals surface area (Å²) in [6.45, 7) is 5.60. The zero-order valence-electron chi connectivity index (χ0n) is 14.1. The highest BCUT2D eigenvalue weighted by atomic mass is 35.5. The number of thiazole rings is 1. The molecule has 1 aromatic heterocycles.